The van der Waals surface area contributed by atoms with Crippen molar-refractivity contribution in [2.75, 3.05) is 0 Å². The van der Waals surface area contributed by atoms with E-state index in [4.69, 9.17) is 0 Å². The Labute approximate surface area is 134 Å². The predicted molar refractivity (Wildman–Crippen MR) is 92.6 cm³/mol. The first-order chi connectivity index (χ1) is 10.9. The third-order valence-electron chi connectivity index (χ3n) is 4.59. The van der Waals surface area contributed by atoms with Gasteiger partial charge in [-0.1, -0.05) is 73.5 Å². The Morgan fingerprint density at radius 2 is 1.05 bits per heavy atom. The molecule has 2 unspecified atom stereocenters. The van der Waals surface area contributed by atoms with Gasteiger partial charge in [-0.25, -0.2) is 0 Å². The van der Waals surface area contributed by atoms with Gasteiger partial charge in [0.05, 0.1) is 0 Å². The maximum Gasteiger partial charge on any atom is 0.0224 e. The van der Waals surface area contributed by atoms with Crippen LogP contribution in [0.15, 0.2) is 60.7 Å². The van der Waals surface area contributed by atoms with E-state index < -0.39 is 0 Å². The summed E-state index contributed by atoms with van der Waals surface area (Å²) < 4.78 is 0. The van der Waals surface area contributed by atoms with Gasteiger partial charge in [0, 0.05) is 25.2 Å². The van der Waals surface area contributed by atoms with Gasteiger partial charge in [-0.2, -0.15) is 0 Å². The fourth-order valence-corrected chi connectivity index (χ4v) is 3.31. The van der Waals surface area contributed by atoms with Gasteiger partial charge in [0.1, 0.15) is 0 Å². The van der Waals surface area contributed by atoms with E-state index >= 15 is 0 Å². The first-order valence-corrected chi connectivity index (χ1v) is 8.46. The third-order valence-corrected chi connectivity index (χ3v) is 4.59. The van der Waals surface area contributed by atoms with E-state index in [1.54, 1.807) is 0 Å². The zero-order valence-electron chi connectivity index (χ0n) is 13.2. The molecule has 0 aliphatic heterocycles. The molecule has 2 nitrogen and oxygen atoms in total. The summed E-state index contributed by atoms with van der Waals surface area (Å²) in [5, 5.41) is 7.52. The second kappa shape index (κ2) is 8.11. The summed E-state index contributed by atoms with van der Waals surface area (Å²) in [6.45, 7) is 1.93. The van der Waals surface area contributed by atoms with Crippen LogP contribution in [0.5, 0.6) is 0 Å². The molecule has 0 heterocycles. The molecule has 1 aliphatic rings. The summed E-state index contributed by atoms with van der Waals surface area (Å²) in [4.78, 5) is 0. The SMILES string of the molecule is c1ccc(CNC2CCCCC2NCc2ccccc2)cc1. The van der Waals surface area contributed by atoms with E-state index in [0.717, 1.165) is 13.1 Å². The average Bonchev–Trinajstić information content (AvgIpc) is 2.61. The van der Waals surface area contributed by atoms with Crippen molar-refractivity contribution in [1.82, 2.24) is 10.6 Å². The largest absolute Gasteiger partial charge is 0.308 e. The van der Waals surface area contributed by atoms with Crippen molar-refractivity contribution in [3.8, 4) is 0 Å². The summed E-state index contributed by atoms with van der Waals surface area (Å²) in [6.07, 6.45) is 5.24. The molecule has 3 rings (SSSR count). The van der Waals surface area contributed by atoms with Crippen molar-refractivity contribution in [3.63, 3.8) is 0 Å². The normalized spacial score (nSPS) is 21.6. The zero-order chi connectivity index (χ0) is 15.0. The number of hydrogen-bond acceptors (Lipinski definition) is 2. The summed E-state index contributed by atoms with van der Waals surface area (Å²) in [7, 11) is 0. The lowest BCUT2D eigenvalue weighted by atomic mass is 9.90. The van der Waals surface area contributed by atoms with Gasteiger partial charge >= 0.3 is 0 Å². The quantitative estimate of drug-likeness (QED) is 0.845. The number of nitrogens with one attached hydrogen (secondary N) is 2. The molecule has 0 spiro atoms. The molecule has 2 aromatic carbocycles. The lowest BCUT2D eigenvalue weighted by Gasteiger charge is -2.33. The maximum absolute atomic E-state index is 3.76. The van der Waals surface area contributed by atoms with Crippen LogP contribution in [-0.4, -0.2) is 12.1 Å². The van der Waals surface area contributed by atoms with E-state index in [0.29, 0.717) is 12.1 Å². The number of benzene rings is 2. The molecule has 0 amide bonds. The second-order valence-corrected chi connectivity index (χ2v) is 6.23. The Balaban J connectivity index is 1.52. The topological polar surface area (TPSA) is 24.1 Å². The molecular weight excluding hydrogens is 268 g/mol. The van der Waals surface area contributed by atoms with Crippen LogP contribution in [0, 0.1) is 0 Å². The average molecular weight is 294 g/mol. The third kappa shape index (κ3) is 4.43. The molecule has 2 N–H and O–H groups in total. The van der Waals surface area contributed by atoms with Crippen molar-refractivity contribution in [2.24, 2.45) is 0 Å². The van der Waals surface area contributed by atoms with Crippen LogP contribution >= 0.6 is 0 Å². The molecular formula is C20H26N2. The van der Waals surface area contributed by atoms with Gasteiger partial charge in [-0.15, -0.1) is 0 Å². The second-order valence-electron chi connectivity index (χ2n) is 6.23. The first kappa shape index (κ1) is 15.3. The molecule has 22 heavy (non-hydrogen) atoms. The van der Waals surface area contributed by atoms with Crippen LogP contribution in [0.2, 0.25) is 0 Å². The highest BCUT2D eigenvalue weighted by Crippen LogP contribution is 2.19. The minimum absolute atomic E-state index is 0.581. The van der Waals surface area contributed by atoms with Crippen molar-refractivity contribution in [3.05, 3.63) is 71.8 Å². The van der Waals surface area contributed by atoms with E-state index in [1.165, 1.54) is 36.8 Å². The van der Waals surface area contributed by atoms with Crippen LogP contribution in [-0.2, 0) is 13.1 Å². The summed E-state index contributed by atoms with van der Waals surface area (Å²) in [6, 6.07) is 22.6. The van der Waals surface area contributed by atoms with Crippen LogP contribution in [0.4, 0.5) is 0 Å². The van der Waals surface area contributed by atoms with Crippen LogP contribution in [0.3, 0.4) is 0 Å². The molecule has 1 aliphatic carbocycles. The van der Waals surface area contributed by atoms with Gasteiger partial charge in [0.15, 0.2) is 0 Å². The summed E-state index contributed by atoms with van der Waals surface area (Å²) in [5.41, 5.74) is 2.74. The van der Waals surface area contributed by atoms with Gasteiger partial charge in [0.2, 0.25) is 0 Å². The van der Waals surface area contributed by atoms with Gasteiger partial charge in [-0.3, -0.25) is 0 Å². The molecule has 2 atom stereocenters. The Kier molecular flexibility index (Phi) is 5.63. The fourth-order valence-electron chi connectivity index (χ4n) is 3.31. The molecule has 116 valence electrons. The highest BCUT2D eigenvalue weighted by molar-refractivity contribution is 5.15. The molecule has 2 aromatic rings. The molecule has 1 fully saturated rings. The highest BCUT2D eigenvalue weighted by Gasteiger charge is 2.23. The summed E-state index contributed by atoms with van der Waals surface area (Å²) >= 11 is 0. The maximum atomic E-state index is 3.76. The standard InChI is InChI=1S/C20H26N2/c1-3-9-17(10-4-1)15-21-19-13-7-8-14-20(19)22-16-18-11-5-2-6-12-18/h1-6,9-12,19-22H,7-8,13-16H2. The molecule has 0 bridgehead atoms. The Morgan fingerprint density at radius 1 is 0.636 bits per heavy atom. The van der Waals surface area contributed by atoms with Gasteiger partial charge < -0.3 is 10.6 Å². The smallest absolute Gasteiger partial charge is 0.0224 e. The number of hydrogen-bond donors (Lipinski definition) is 2. The number of rotatable bonds is 6. The molecule has 1 saturated carbocycles. The lowest BCUT2D eigenvalue weighted by Crippen LogP contribution is -2.49. The Hall–Kier alpha value is -1.64. The molecule has 0 aromatic heterocycles. The van der Waals surface area contributed by atoms with Crippen LogP contribution in [0.25, 0.3) is 0 Å². The van der Waals surface area contributed by atoms with E-state index in [1.807, 2.05) is 0 Å². The van der Waals surface area contributed by atoms with E-state index in [9.17, 15) is 0 Å². The monoisotopic (exact) mass is 294 g/mol. The lowest BCUT2D eigenvalue weighted by molar-refractivity contribution is 0.281. The van der Waals surface area contributed by atoms with E-state index in [2.05, 4.69) is 71.3 Å². The predicted octanol–water partition coefficient (Wildman–Crippen LogP) is 3.88. The van der Waals surface area contributed by atoms with Crippen molar-refractivity contribution in [1.29, 1.82) is 0 Å². The Bertz CT molecular complexity index is 487. The van der Waals surface area contributed by atoms with E-state index in [-0.39, 0.29) is 0 Å². The van der Waals surface area contributed by atoms with Crippen LogP contribution < -0.4 is 10.6 Å². The van der Waals surface area contributed by atoms with Gasteiger partial charge in [-0.05, 0) is 24.0 Å². The first-order valence-electron chi connectivity index (χ1n) is 8.46. The fraction of sp³-hybridized carbons (Fsp3) is 0.400. The molecule has 2 heteroatoms. The van der Waals surface area contributed by atoms with Crippen molar-refractivity contribution >= 4 is 0 Å². The molecule has 0 saturated heterocycles. The zero-order valence-corrected chi connectivity index (χ0v) is 13.2. The highest BCUT2D eigenvalue weighted by atomic mass is 15.0. The Morgan fingerprint density at radius 3 is 1.45 bits per heavy atom. The van der Waals surface area contributed by atoms with Crippen molar-refractivity contribution < 1.29 is 0 Å². The summed E-state index contributed by atoms with van der Waals surface area (Å²) in [5.74, 6) is 0. The van der Waals surface area contributed by atoms with Crippen molar-refractivity contribution in [2.45, 2.75) is 50.9 Å². The molecule has 0 radical (unpaired) electrons. The van der Waals surface area contributed by atoms with Gasteiger partial charge in [0.25, 0.3) is 0 Å². The minimum Gasteiger partial charge on any atom is -0.308 e. The van der Waals surface area contributed by atoms with Crippen LogP contribution in [0.1, 0.15) is 36.8 Å². The minimum atomic E-state index is 0.581.